The third-order valence-corrected chi connectivity index (χ3v) is 4.53. The Bertz CT molecular complexity index is 475. The van der Waals surface area contributed by atoms with Crippen molar-refractivity contribution in [2.24, 2.45) is 0 Å². The maximum atomic E-state index is 6.51. The highest BCUT2D eigenvalue weighted by Gasteiger charge is 2.31. The fourth-order valence-electron chi connectivity index (χ4n) is 2.40. The normalized spacial score (nSPS) is 19.9. The standard InChI is InChI=1S/C14H13ClS/c15-14(7-10-5-6-16-9-10)13-8-11-3-1-2-4-12(11)13/h1-6,9,13-14H,7-8H2. The van der Waals surface area contributed by atoms with Crippen LogP contribution in [0.2, 0.25) is 0 Å². The lowest BCUT2D eigenvalue weighted by Crippen LogP contribution is -2.26. The van der Waals surface area contributed by atoms with Gasteiger partial charge in [0.05, 0.1) is 0 Å². The van der Waals surface area contributed by atoms with Gasteiger partial charge in [-0.3, -0.25) is 0 Å². The molecule has 16 heavy (non-hydrogen) atoms. The summed E-state index contributed by atoms with van der Waals surface area (Å²) >= 11 is 8.25. The highest BCUT2D eigenvalue weighted by Crippen LogP contribution is 2.40. The van der Waals surface area contributed by atoms with Crippen LogP contribution >= 0.6 is 22.9 Å². The fraction of sp³-hybridized carbons (Fsp3) is 0.286. The Morgan fingerprint density at radius 1 is 1.31 bits per heavy atom. The van der Waals surface area contributed by atoms with Crippen LogP contribution in [-0.2, 0) is 12.8 Å². The van der Waals surface area contributed by atoms with E-state index >= 15 is 0 Å². The first-order valence-corrected chi connectivity index (χ1v) is 6.95. The summed E-state index contributed by atoms with van der Waals surface area (Å²) in [4.78, 5) is 0. The monoisotopic (exact) mass is 248 g/mol. The van der Waals surface area contributed by atoms with Crippen molar-refractivity contribution in [1.29, 1.82) is 0 Å². The quantitative estimate of drug-likeness (QED) is 0.713. The number of hydrogen-bond acceptors (Lipinski definition) is 1. The third-order valence-electron chi connectivity index (χ3n) is 3.34. The molecule has 1 aliphatic rings. The van der Waals surface area contributed by atoms with Gasteiger partial charge in [-0.15, -0.1) is 11.6 Å². The molecule has 82 valence electrons. The van der Waals surface area contributed by atoms with E-state index < -0.39 is 0 Å². The molecule has 3 rings (SSSR count). The number of benzene rings is 1. The summed E-state index contributed by atoms with van der Waals surface area (Å²) in [6.07, 6.45) is 2.14. The number of alkyl halides is 1. The molecule has 2 heteroatoms. The molecule has 0 saturated heterocycles. The average molecular weight is 249 g/mol. The molecule has 0 radical (unpaired) electrons. The Balaban J connectivity index is 1.72. The molecule has 2 aromatic rings. The summed E-state index contributed by atoms with van der Waals surface area (Å²) in [6, 6.07) is 10.8. The molecule has 1 heterocycles. The largest absolute Gasteiger partial charge is 0.152 e. The van der Waals surface area contributed by atoms with Crippen molar-refractivity contribution in [3.8, 4) is 0 Å². The van der Waals surface area contributed by atoms with Gasteiger partial charge in [-0.1, -0.05) is 24.3 Å². The van der Waals surface area contributed by atoms with E-state index in [-0.39, 0.29) is 5.38 Å². The van der Waals surface area contributed by atoms with Crippen molar-refractivity contribution in [3.63, 3.8) is 0 Å². The van der Waals surface area contributed by atoms with Crippen LogP contribution in [0.5, 0.6) is 0 Å². The highest BCUT2D eigenvalue weighted by molar-refractivity contribution is 7.07. The highest BCUT2D eigenvalue weighted by atomic mass is 35.5. The molecule has 1 aromatic heterocycles. The van der Waals surface area contributed by atoms with Crippen molar-refractivity contribution in [1.82, 2.24) is 0 Å². The Kier molecular flexibility index (Phi) is 2.74. The number of hydrogen-bond donors (Lipinski definition) is 0. The molecule has 1 aliphatic carbocycles. The lowest BCUT2D eigenvalue weighted by atomic mass is 9.74. The molecule has 0 fully saturated rings. The van der Waals surface area contributed by atoms with Crippen LogP contribution in [0.1, 0.15) is 22.6 Å². The van der Waals surface area contributed by atoms with Crippen LogP contribution in [0.15, 0.2) is 41.1 Å². The SMILES string of the molecule is ClC(Cc1ccsc1)C1Cc2ccccc21. The second-order valence-corrected chi connectivity index (χ2v) is 5.70. The van der Waals surface area contributed by atoms with E-state index in [1.165, 1.54) is 16.7 Å². The number of halogens is 1. The Morgan fingerprint density at radius 3 is 2.94 bits per heavy atom. The smallest absolute Gasteiger partial charge is 0.0448 e. The van der Waals surface area contributed by atoms with Gasteiger partial charge >= 0.3 is 0 Å². The molecule has 0 N–H and O–H groups in total. The summed E-state index contributed by atoms with van der Waals surface area (Å²) in [5.41, 5.74) is 4.30. The molecule has 0 bridgehead atoms. The molecule has 1 aromatic carbocycles. The molecule has 0 amide bonds. The first-order valence-electron chi connectivity index (χ1n) is 5.57. The van der Waals surface area contributed by atoms with Crippen LogP contribution in [0.25, 0.3) is 0 Å². The molecule has 0 nitrogen and oxygen atoms in total. The minimum absolute atomic E-state index is 0.240. The van der Waals surface area contributed by atoms with Gasteiger partial charge in [0.25, 0.3) is 0 Å². The second-order valence-electron chi connectivity index (χ2n) is 4.36. The summed E-state index contributed by atoms with van der Waals surface area (Å²) in [5.74, 6) is 0.553. The van der Waals surface area contributed by atoms with Crippen LogP contribution in [0, 0.1) is 0 Å². The number of thiophene rings is 1. The minimum Gasteiger partial charge on any atom is -0.152 e. The van der Waals surface area contributed by atoms with Crippen LogP contribution in [0.4, 0.5) is 0 Å². The van der Waals surface area contributed by atoms with E-state index in [2.05, 4.69) is 41.1 Å². The molecule has 2 atom stereocenters. The Labute approximate surface area is 105 Å². The van der Waals surface area contributed by atoms with Crippen molar-refractivity contribution in [2.75, 3.05) is 0 Å². The van der Waals surface area contributed by atoms with Gasteiger partial charge in [0.1, 0.15) is 0 Å². The topological polar surface area (TPSA) is 0 Å². The zero-order valence-electron chi connectivity index (χ0n) is 8.90. The molecule has 0 saturated carbocycles. The van der Waals surface area contributed by atoms with E-state index in [1.54, 1.807) is 11.3 Å². The predicted octanol–water partition coefficient (Wildman–Crippen LogP) is 4.24. The molecule has 2 unspecified atom stereocenters. The summed E-state index contributed by atoms with van der Waals surface area (Å²) < 4.78 is 0. The zero-order chi connectivity index (χ0) is 11.0. The predicted molar refractivity (Wildman–Crippen MR) is 70.6 cm³/mol. The average Bonchev–Trinajstić information content (AvgIpc) is 2.72. The number of fused-ring (bicyclic) bond motifs is 1. The first kappa shape index (κ1) is 10.4. The van der Waals surface area contributed by atoms with E-state index in [4.69, 9.17) is 11.6 Å². The van der Waals surface area contributed by atoms with Crippen molar-refractivity contribution < 1.29 is 0 Å². The number of rotatable bonds is 3. The molecular formula is C14H13ClS. The lowest BCUT2D eigenvalue weighted by Gasteiger charge is -2.33. The van der Waals surface area contributed by atoms with E-state index in [9.17, 15) is 0 Å². The zero-order valence-corrected chi connectivity index (χ0v) is 10.5. The Morgan fingerprint density at radius 2 is 2.19 bits per heavy atom. The van der Waals surface area contributed by atoms with E-state index in [0.717, 1.165) is 12.8 Å². The summed E-state index contributed by atoms with van der Waals surface area (Å²) in [5, 5.41) is 4.55. The maximum Gasteiger partial charge on any atom is 0.0448 e. The van der Waals surface area contributed by atoms with Gasteiger partial charge in [0.2, 0.25) is 0 Å². The first-order chi connectivity index (χ1) is 7.84. The third kappa shape index (κ3) is 1.79. The Hall–Kier alpha value is -0.790. The van der Waals surface area contributed by atoms with Crippen LogP contribution < -0.4 is 0 Å². The van der Waals surface area contributed by atoms with Crippen molar-refractivity contribution >= 4 is 22.9 Å². The van der Waals surface area contributed by atoms with Gasteiger partial charge in [0, 0.05) is 11.3 Å². The molecule has 0 spiro atoms. The van der Waals surface area contributed by atoms with Gasteiger partial charge in [-0.25, -0.2) is 0 Å². The van der Waals surface area contributed by atoms with E-state index in [1.807, 2.05) is 0 Å². The summed E-state index contributed by atoms with van der Waals surface area (Å²) in [7, 11) is 0. The second kappa shape index (κ2) is 4.23. The van der Waals surface area contributed by atoms with Crippen molar-refractivity contribution in [2.45, 2.75) is 24.1 Å². The van der Waals surface area contributed by atoms with Gasteiger partial charge < -0.3 is 0 Å². The summed E-state index contributed by atoms with van der Waals surface area (Å²) in [6.45, 7) is 0. The minimum atomic E-state index is 0.240. The molecular weight excluding hydrogens is 236 g/mol. The van der Waals surface area contributed by atoms with Crippen molar-refractivity contribution in [3.05, 3.63) is 57.8 Å². The van der Waals surface area contributed by atoms with E-state index in [0.29, 0.717) is 5.92 Å². The maximum absolute atomic E-state index is 6.51. The van der Waals surface area contributed by atoms with Crippen LogP contribution in [-0.4, -0.2) is 5.38 Å². The van der Waals surface area contributed by atoms with Gasteiger partial charge in [-0.2, -0.15) is 11.3 Å². The van der Waals surface area contributed by atoms with Crippen LogP contribution in [0.3, 0.4) is 0 Å². The fourth-order valence-corrected chi connectivity index (χ4v) is 3.48. The van der Waals surface area contributed by atoms with Gasteiger partial charge in [-0.05, 0) is 46.4 Å². The molecule has 0 aliphatic heterocycles. The van der Waals surface area contributed by atoms with Gasteiger partial charge in [0.15, 0.2) is 0 Å². The lowest BCUT2D eigenvalue weighted by molar-refractivity contribution is 0.568.